The van der Waals surface area contributed by atoms with E-state index >= 15 is 0 Å². The fraction of sp³-hybridized carbons (Fsp3) is 0.211. The summed E-state index contributed by atoms with van der Waals surface area (Å²) in [4.78, 5) is 25.1. The molecule has 2 N–H and O–H groups in total. The summed E-state index contributed by atoms with van der Waals surface area (Å²) in [6, 6.07) is 32.4. The van der Waals surface area contributed by atoms with Crippen LogP contribution in [0.1, 0.15) is 81.2 Å². The molecule has 0 radical (unpaired) electrons. The van der Waals surface area contributed by atoms with Gasteiger partial charge in [-0.2, -0.15) is 18.3 Å². The number of halogens is 3. The molecule has 0 bridgehead atoms. The van der Waals surface area contributed by atoms with Gasteiger partial charge in [-0.15, -0.1) is 0 Å². The highest BCUT2D eigenvalue weighted by molar-refractivity contribution is 5.94. The van der Waals surface area contributed by atoms with Crippen LogP contribution in [0.25, 0.3) is 0 Å². The molecule has 1 unspecified atom stereocenters. The lowest BCUT2D eigenvalue weighted by Gasteiger charge is -2.35. The van der Waals surface area contributed by atoms with Gasteiger partial charge in [-0.25, -0.2) is 9.67 Å². The van der Waals surface area contributed by atoms with Gasteiger partial charge in [-0.3, -0.25) is 9.78 Å². The highest BCUT2D eigenvalue weighted by Gasteiger charge is 2.48. The van der Waals surface area contributed by atoms with Gasteiger partial charge < -0.3 is 10.3 Å². The van der Waals surface area contributed by atoms with Gasteiger partial charge in [0, 0.05) is 17.8 Å². The number of carbonyl (C=O) groups excluding carboxylic acids is 1. The molecule has 0 spiro atoms. The maximum Gasteiger partial charge on any atom is 0.433 e. The van der Waals surface area contributed by atoms with Crippen molar-refractivity contribution in [2.45, 2.75) is 49.9 Å². The molecule has 7 rings (SSSR count). The lowest BCUT2D eigenvalue weighted by atomic mass is 9.77. The maximum atomic E-state index is 13.6. The van der Waals surface area contributed by atoms with Crippen molar-refractivity contribution in [2.75, 3.05) is 0 Å². The van der Waals surface area contributed by atoms with Crippen LogP contribution in [0.3, 0.4) is 0 Å². The number of carbonyl (C=O) groups is 1. The van der Waals surface area contributed by atoms with Gasteiger partial charge in [0.2, 0.25) is 0 Å². The minimum atomic E-state index is -4.50. The number of alkyl halides is 3. The number of hydrogen-bond donors (Lipinski definition) is 2. The van der Waals surface area contributed by atoms with E-state index in [1.165, 1.54) is 12.3 Å². The first-order chi connectivity index (χ1) is 23.1. The quantitative estimate of drug-likeness (QED) is 0.157. The smallest absolute Gasteiger partial charge is 0.357 e. The Morgan fingerprint density at radius 3 is 1.90 bits per heavy atom. The molecule has 3 aromatic carbocycles. The Morgan fingerprint density at radius 1 is 0.854 bits per heavy atom. The number of nitrogens with zero attached hydrogens (tertiary/aromatic N) is 4. The average molecular weight is 647 g/mol. The minimum Gasteiger partial charge on any atom is -0.357 e. The number of aromatic amines is 1. The molecular weight excluding hydrogens is 613 g/mol. The molecule has 1 fully saturated rings. The van der Waals surface area contributed by atoms with Crippen molar-refractivity contribution >= 4 is 5.91 Å². The third kappa shape index (κ3) is 5.27. The summed E-state index contributed by atoms with van der Waals surface area (Å²) < 4.78 is 41.2. The van der Waals surface area contributed by atoms with Gasteiger partial charge in [-0.1, -0.05) is 97.1 Å². The van der Waals surface area contributed by atoms with E-state index in [1.807, 2.05) is 73.1 Å². The van der Waals surface area contributed by atoms with E-state index in [0.717, 1.165) is 46.7 Å². The van der Waals surface area contributed by atoms with Crippen molar-refractivity contribution in [2.24, 2.45) is 0 Å². The highest BCUT2D eigenvalue weighted by Crippen LogP contribution is 2.54. The second-order valence-electron chi connectivity index (χ2n) is 12.3. The van der Waals surface area contributed by atoms with Crippen molar-refractivity contribution in [1.82, 2.24) is 30.0 Å². The van der Waals surface area contributed by atoms with Crippen LogP contribution in [0, 0.1) is 6.92 Å². The number of hydrogen-bond acceptors (Lipinski definition) is 4. The number of nitrogens with one attached hydrogen (secondary N) is 2. The van der Waals surface area contributed by atoms with Crippen LogP contribution in [-0.2, 0) is 17.1 Å². The van der Waals surface area contributed by atoms with Crippen LogP contribution in [0.5, 0.6) is 0 Å². The maximum absolute atomic E-state index is 13.6. The first-order valence-electron chi connectivity index (χ1n) is 15.8. The van der Waals surface area contributed by atoms with E-state index in [9.17, 15) is 18.0 Å². The molecule has 0 aliphatic heterocycles. The van der Waals surface area contributed by atoms with Crippen LogP contribution >= 0.6 is 0 Å². The summed E-state index contributed by atoms with van der Waals surface area (Å²) in [5.74, 6) is 0.110. The van der Waals surface area contributed by atoms with Crippen LogP contribution in [0.2, 0.25) is 0 Å². The van der Waals surface area contributed by atoms with Gasteiger partial charge in [0.15, 0.2) is 5.82 Å². The van der Waals surface area contributed by atoms with Crippen molar-refractivity contribution in [3.63, 3.8) is 0 Å². The minimum absolute atomic E-state index is 0.329. The summed E-state index contributed by atoms with van der Waals surface area (Å²) in [5, 5.41) is 8.03. The van der Waals surface area contributed by atoms with E-state index in [0.29, 0.717) is 17.1 Å². The van der Waals surface area contributed by atoms with Gasteiger partial charge in [0.25, 0.3) is 5.91 Å². The van der Waals surface area contributed by atoms with Gasteiger partial charge >= 0.3 is 6.18 Å². The molecule has 48 heavy (non-hydrogen) atoms. The molecule has 1 aliphatic carbocycles. The second-order valence-corrected chi connectivity index (χ2v) is 12.3. The van der Waals surface area contributed by atoms with Crippen LogP contribution in [-0.4, -0.2) is 30.6 Å². The van der Waals surface area contributed by atoms with Crippen LogP contribution in [0.15, 0.2) is 122 Å². The molecule has 10 heteroatoms. The zero-order valence-corrected chi connectivity index (χ0v) is 26.4. The number of benzene rings is 3. The average Bonchev–Trinajstić information content (AvgIpc) is 3.57. The topological polar surface area (TPSA) is 88.5 Å². The lowest BCUT2D eigenvalue weighted by molar-refractivity contribution is -0.141. The molecule has 7 nitrogen and oxygen atoms in total. The zero-order valence-electron chi connectivity index (χ0n) is 26.4. The van der Waals surface area contributed by atoms with E-state index in [4.69, 9.17) is 5.10 Å². The summed E-state index contributed by atoms with van der Waals surface area (Å²) in [5.41, 5.74) is 3.47. The van der Waals surface area contributed by atoms with E-state index in [1.54, 1.807) is 12.5 Å². The van der Waals surface area contributed by atoms with Gasteiger partial charge in [0.1, 0.15) is 23.3 Å². The summed E-state index contributed by atoms with van der Waals surface area (Å²) in [6.07, 6.45) is 1.79. The van der Waals surface area contributed by atoms with Crippen molar-refractivity contribution in [3.05, 3.63) is 172 Å². The molecule has 1 atom stereocenters. The van der Waals surface area contributed by atoms with E-state index in [-0.39, 0.29) is 5.91 Å². The standard InChI is InChI=1S/C38H33F3N6O/c1-25-31(36(20-21-36)30-18-19-32(42-22-30)38(39,40)41)23-43-33(25)35(48)45-26(2)34-44-24-47(46-34)37(27-12-6-3-7-13-27,28-14-8-4-9-15-28)29-16-10-5-11-17-29/h3-19,22-24,26,43H,20-21H2,1-2H3,(H,45,48). The molecule has 1 saturated carbocycles. The molecular formula is C38H33F3N6O. The Labute approximate surface area is 275 Å². The molecule has 1 aliphatic rings. The van der Waals surface area contributed by atoms with Gasteiger partial charge in [0.05, 0.1) is 6.04 Å². The first-order valence-corrected chi connectivity index (χ1v) is 15.8. The van der Waals surface area contributed by atoms with E-state index in [2.05, 4.69) is 56.7 Å². The Kier molecular flexibility index (Phi) is 7.74. The normalized spacial score (nSPS) is 14.8. The highest BCUT2D eigenvalue weighted by atomic mass is 19.4. The Hall–Kier alpha value is -5.51. The summed E-state index contributed by atoms with van der Waals surface area (Å²) in [7, 11) is 0. The SMILES string of the molecule is Cc1c(C2(c3ccc(C(F)(F)F)nc3)CC2)c[nH]c1C(=O)NC(C)c1ncn(C(c2ccccc2)(c2ccccc2)c2ccccc2)n1. The zero-order chi connectivity index (χ0) is 33.5. The van der Waals surface area contributed by atoms with Crippen LogP contribution < -0.4 is 5.32 Å². The summed E-state index contributed by atoms with van der Waals surface area (Å²) >= 11 is 0. The predicted molar refractivity (Wildman–Crippen MR) is 175 cm³/mol. The van der Waals surface area contributed by atoms with E-state index < -0.39 is 28.9 Å². The third-order valence-corrected chi connectivity index (χ3v) is 9.40. The number of pyridine rings is 1. The third-order valence-electron chi connectivity index (χ3n) is 9.40. The summed E-state index contributed by atoms with van der Waals surface area (Å²) in [6.45, 7) is 3.69. The number of amides is 1. The Balaban J connectivity index is 1.18. The van der Waals surface area contributed by atoms with Crippen LogP contribution in [0.4, 0.5) is 13.2 Å². The first kappa shape index (κ1) is 31.1. The van der Waals surface area contributed by atoms with Crippen molar-refractivity contribution < 1.29 is 18.0 Å². The molecule has 3 aromatic heterocycles. The lowest BCUT2D eigenvalue weighted by Crippen LogP contribution is -2.38. The molecule has 0 saturated heterocycles. The fourth-order valence-electron chi connectivity index (χ4n) is 6.82. The monoisotopic (exact) mass is 646 g/mol. The fourth-order valence-corrected chi connectivity index (χ4v) is 6.82. The number of aromatic nitrogens is 5. The Morgan fingerprint density at radius 2 is 1.42 bits per heavy atom. The van der Waals surface area contributed by atoms with Crippen molar-refractivity contribution in [3.8, 4) is 0 Å². The number of rotatable bonds is 9. The van der Waals surface area contributed by atoms with Crippen molar-refractivity contribution in [1.29, 1.82) is 0 Å². The molecule has 6 aromatic rings. The molecule has 1 amide bonds. The second kappa shape index (κ2) is 11.9. The molecule has 242 valence electrons. The Bertz CT molecular complexity index is 1940. The predicted octanol–water partition coefficient (Wildman–Crippen LogP) is 7.74. The number of H-pyrrole nitrogens is 1. The van der Waals surface area contributed by atoms with Gasteiger partial charge in [-0.05, 0) is 66.1 Å². The largest absolute Gasteiger partial charge is 0.433 e. The molecule has 3 heterocycles.